The van der Waals surface area contributed by atoms with Gasteiger partial charge in [-0.25, -0.2) is 0 Å². The number of carbonyl (C=O) groups is 1. The summed E-state index contributed by atoms with van der Waals surface area (Å²) in [6.07, 6.45) is -5.55. The van der Waals surface area contributed by atoms with Gasteiger partial charge in [0.2, 0.25) is 17.6 Å². The van der Waals surface area contributed by atoms with Crippen molar-refractivity contribution in [3.8, 4) is 11.5 Å². The van der Waals surface area contributed by atoms with Crippen molar-refractivity contribution < 1.29 is 39.8 Å². The maximum atomic E-state index is 12.3. The Morgan fingerprint density at radius 3 is 2.45 bits per heavy atom. The summed E-state index contributed by atoms with van der Waals surface area (Å²) in [6.45, 7) is 0.834. The molecule has 1 aliphatic rings. The predicted octanol–water partition coefficient (Wildman–Crippen LogP) is -1.32. The molecule has 2 heterocycles. The van der Waals surface area contributed by atoms with E-state index in [-0.39, 0.29) is 18.0 Å². The Kier molecular flexibility index (Phi) is 6.93. The van der Waals surface area contributed by atoms with Crippen molar-refractivity contribution in [2.75, 3.05) is 11.9 Å². The second-order valence-corrected chi connectivity index (χ2v) is 7.13. The first-order valence-corrected chi connectivity index (χ1v) is 9.47. The molecule has 5 atom stereocenters. The van der Waals surface area contributed by atoms with Gasteiger partial charge in [0.25, 0.3) is 0 Å². The van der Waals surface area contributed by atoms with Gasteiger partial charge in [-0.15, -0.1) is 0 Å². The molecule has 11 heteroatoms. The highest BCUT2D eigenvalue weighted by molar-refractivity contribution is 5.90. The van der Waals surface area contributed by atoms with Gasteiger partial charge in [0.1, 0.15) is 36.7 Å². The van der Waals surface area contributed by atoms with Gasteiger partial charge in [0, 0.05) is 18.0 Å². The highest BCUT2D eigenvalue weighted by atomic mass is 16.7. The number of nitrogens with zero attached hydrogens (tertiary/aromatic N) is 1. The van der Waals surface area contributed by atoms with E-state index in [0.29, 0.717) is 5.69 Å². The number of pyridine rings is 1. The van der Waals surface area contributed by atoms with Crippen LogP contribution in [0.25, 0.3) is 0 Å². The number of aromatic hydroxyl groups is 1. The van der Waals surface area contributed by atoms with Crippen molar-refractivity contribution in [1.29, 1.82) is 0 Å². The van der Waals surface area contributed by atoms with E-state index in [0.717, 1.165) is 0 Å². The number of benzene rings is 1. The van der Waals surface area contributed by atoms with Gasteiger partial charge in [0.15, 0.2) is 5.75 Å². The summed E-state index contributed by atoms with van der Waals surface area (Å²) in [5.41, 5.74) is 0.184. The van der Waals surface area contributed by atoms with Crippen LogP contribution < -0.4 is 15.5 Å². The van der Waals surface area contributed by atoms with E-state index in [1.165, 1.54) is 48.0 Å². The SMILES string of the molecule is Cc1c(O)c(=O)ccn1CC(=O)Nc1ccc(O[C@@H]2O[C@H](CO)[C@@H](O)[C@H](O)[C@H]2O)cc1. The molecule has 1 aliphatic heterocycles. The Morgan fingerprint density at radius 1 is 1.13 bits per heavy atom. The molecule has 1 saturated heterocycles. The first kappa shape index (κ1) is 22.7. The maximum absolute atomic E-state index is 12.3. The highest BCUT2D eigenvalue weighted by Crippen LogP contribution is 2.25. The quantitative estimate of drug-likeness (QED) is 0.321. The molecule has 6 N–H and O–H groups in total. The number of anilines is 1. The van der Waals surface area contributed by atoms with Gasteiger partial charge >= 0.3 is 0 Å². The Morgan fingerprint density at radius 2 is 1.81 bits per heavy atom. The van der Waals surface area contributed by atoms with Crippen molar-refractivity contribution in [3.05, 3.63) is 52.4 Å². The van der Waals surface area contributed by atoms with Crippen LogP contribution in [0.4, 0.5) is 5.69 Å². The average Bonchev–Trinajstić information content (AvgIpc) is 2.76. The summed E-state index contributed by atoms with van der Waals surface area (Å²) in [5, 5.41) is 51.2. The minimum absolute atomic E-state index is 0.122. The van der Waals surface area contributed by atoms with Gasteiger partial charge in [-0.3, -0.25) is 9.59 Å². The number of ether oxygens (including phenoxy) is 2. The number of hydrogen-bond acceptors (Lipinski definition) is 9. The van der Waals surface area contributed by atoms with Gasteiger partial charge in [-0.2, -0.15) is 0 Å². The molecule has 0 unspecified atom stereocenters. The summed E-state index contributed by atoms with van der Waals surface area (Å²) in [4.78, 5) is 23.7. The lowest BCUT2D eigenvalue weighted by Gasteiger charge is -2.39. The molecule has 0 aliphatic carbocycles. The van der Waals surface area contributed by atoms with Crippen molar-refractivity contribution in [1.82, 2.24) is 4.57 Å². The van der Waals surface area contributed by atoms with Crippen molar-refractivity contribution in [3.63, 3.8) is 0 Å². The normalized spacial score (nSPS) is 25.8. The molecule has 0 saturated carbocycles. The number of nitrogens with one attached hydrogen (secondary N) is 1. The zero-order valence-corrected chi connectivity index (χ0v) is 16.6. The Balaban J connectivity index is 1.61. The molecule has 1 amide bonds. The molecular formula is C20H24N2O9. The summed E-state index contributed by atoms with van der Waals surface area (Å²) < 4.78 is 12.2. The lowest BCUT2D eigenvalue weighted by atomic mass is 9.99. The standard InChI is InChI=1S/C20H24N2O9/c1-10-16(26)13(24)6-7-22(10)8-15(25)21-11-2-4-12(5-3-11)30-20-19(29)18(28)17(27)14(9-23)31-20/h2-7,14,17-20,23,26-29H,8-9H2,1H3,(H,21,25)/t14-,17-,18+,19-,20-/m1/s1. The fourth-order valence-electron chi connectivity index (χ4n) is 3.10. The molecular weight excluding hydrogens is 412 g/mol. The minimum Gasteiger partial charge on any atom is -0.503 e. The van der Waals surface area contributed by atoms with Crippen LogP contribution in [0.1, 0.15) is 5.69 Å². The van der Waals surface area contributed by atoms with E-state index in [1.807, 2.05) is 0 Å². The molecule has 0 spiro atoms. The lowest BCUT2D eigenvalue weighted by molar-refractivity contribution is -0.277. The number of rotatable bonds is 6. The number of amides is 1. The van der Waals surface area contributed by atoms with Crippen LogP contribution >= 0.6 is 0 Å². The Labute approximate surface area is 176 Å². The zero-order valence-electron chi connectivity index (χ0n) is 16.6. The second kappa shape index (κ2) is 9.45. The fraction of sp³-hybridized carbons (Fsp3) is 0.400. The van der Waals surface area contributed by atoms with Crippen LogP contribution in [0.5, 0.6) is 11.5 Å². The van der Waals surface area contributed by atoms with E-state index < -0.39 is 54.4 Å². The average molecular weight is 436 g/mol. The van der Waals surface area contributed by atoms with Crippen LogP contribution in [0, 0.1) is 6.92 Å². The number of aliphatic hydroxyl groups is 4. The molecule has 1 aromatic heterocycles. The van der Waals surface area contributed by atoms with Gasteiger partial charge in [-0.1, -0.05) is 0 Å². The van der Waals surface area contributed by atoms with Gasteiger partial charge in [0.05, 0.1) is 12.3 Å². The Hall–Kier alpha value is -2.96. The lowest BCUT2D eigenvalue weighted by Crippen LogP contribution is -2.60. The van der Waals surface area contributed by atoms with Crippen molar-refractivity contribution in [2.45, 2.75) is 44.2 Å². The topological polar surface area (TPSA) is 171 Å². The third kappa shape index (κ3) is 5.03. The Bertz CT molecular complexity index is 974. The third-order valence-corrected chi connectivity index (χ3v) is 4.97. The van der Waals surface area contributed by atoms with Crippen LogP contribution in [-0.4, -0.2) is 73.3 Å². The molecule has 1 fully saturated rings. The monoisotopic (exact) mass is 436 g/mol. The fourth-order valence-corrected chi connectivity index (χ4v) is 3.10. The van der Waals surface area contributed by atoms with E-state index in [1.54, 1.807) is 0 Å². The van der Waals surface area contributed by atoms with Crippen molar-refractivity contribution in [2.24, 2.45) is 0 Å². The summed E-state index contributed by atoms with van der Waals surface area (Å²) in [7, 11) is 0. The first-order chi connectivity index (χ1) is 14.7. The van der Waals surface area contributed by atoms with Crippen LogP contribution in [0.2, 0.25) is 0 Å². The zero-order chi connectivity index (χ0) is 22.7. The molecule has 0 radical (unpaired) electrons. The maximum Gasteiger partial charge on any atom is 0.244 e. The summed E-state index contributed by atoms with van der Waals surface area (Å²) in [6, 6.07) is 7.22. The van der Waals surface area contributed by atoms with Crippen molar-refractivity contribution >= 4 is 11.6 Å². The molecule has 168 valence electrons. The van der Waals surface area contributed by atoms with Crippen LogP contribution in [0.15, 0.2) is 41.3 Å². The number of aromatic nitrogens is 1. The molecule has 0 bridgehead atoms. The molecule has 2 aromatic rings. The van der Waals surface area contributed by atoms with Gasteiger partial charge in [-0.05, 0) is 31.2 Å². The number of aliphatic hydroxyl groups excluding tert-OH is 4. The molecule has 11 nitrogen and oxygen atoms in total. The minimum atomic E-state index is -1.55. The second-order valence-electron chi connectivity index (χ2n) is 7.13. The van der Waals surface area contributed by atoms with Crippen LogP contribution in [-0.2, 0) is 16.1 Å². The predicted molar refractivity (Wildman–Crippen MR) is 107 cm³/mol. The smallest absolute Gasteiger partial charge is 0.244 e. The number of carbonyl (C=O) groups excluding carboxylic acids is 1. The third-order valence-electron chi connectivity index (χ3n) is 4.97. The summed E-state index contributed by atoms with van der Waals surface area (Å²) in [5.74, 6) is -0.553. The largest absolute Gasteiger partial charge is 0.503 e. The molecule has 31 heavy (non-hydrogen) atoms. The van der Waals surface area contributed by atoms with E-state index in [2.05, 4.69) is 5.32 Å². The van der Waals surface area contributed by atoms with Gasteiger partial charge < -0.3 is 44.9 Å². The van der Waals surface area contributed by atoms with Crippen LogP contribution in [0.3, 0.4) is 0 Å². The van der Waals surface area contributed by atoms with E-state index in [9.17, 15) is 35.1 Å². The number of hydrogen-bond donors (Lipinski definition) is 6. The summed E-state index contributed by atoms with van der Waals surface area (Å²) >= 11 is 0. The van der Waals surface area contributed by atoms with E-state index in [4.69, 9.17) is 9.47 Å². The molecule has 1 aromatic carbocycles. The molecule has 3 rings (SSSR count). The highest BCUT2D eigenvalue weighted by Gasteiger charge is 2.44. The van der Waals surface area contributed by atoms with E-state index >= 15 is 0 Å². The first-order valence-electron chi connectivity index (χ1n) is 9.47.